The molecule has 4 nitrogen and oxygen atoms in total. The van der Waals surface area contributed by atoms with E-state index in [1.807, 2.05) is 20.8 Å². The second-order valence-electron chi connectivity index (χ2n) is 5.76. The molecule has 0 bridgehead atoms. The van der Waals surface area contributed by atoms with E-state index in [4.69, 9.17) is 0 Å². The van der Waals surface area contributed by atoms with Gasteiger partial charge in [-0.3, -0.25) is 9.59 Å². The molecule has 0 unspecified atom stereocenters. The highest BCUT2D eigenvalue weighted by molar-refractivity contribution is 5.84. The largest absolute Gasteiger partial charge is 0.350 e. The third kappa shape index (κ3) is 5.38. The quantitative estimate of drug-likeness (QED) is 0.918. The first kappa shape index (κ1) is 16.1. The van der Waals surface area contributed by atoms with Gasteiger partial charge in [-0.25, -0.2) is 4.39 Å². The maximum atomic E-state index is 13.6. The van der Waals surface area contributed by atoms with Gasteiger partial charge in [0.05, 0.1) is 6.54 Å². The van der Waals surface area contributed by atoms with Crippen molar-refractivity contribution in [2.75, 3.05) is 6.54 Å². The van der Waals surface area contributed by atoms with Crippen LogP contribution in [-0.4, -0.2) is 28.8 Å². The zero-order chi connectivity index (χ0) is 15.3. The smallest absolute Gasteiger partial charge is 0.240 e. The molecule has 0 spiro atoms. The monoisotopic (exact) mass is 280 g/mol. The summed E-state index contributed by atoms with van der Waals surface area (Å²) < 4.78 is 13.6. The number of halogens is 1. The Hall–Kier alpha value is -1.91. The van der Waals surface area contributed by atoms with Crippen LogP contribution < -0.4 is 5.32 Å². The van der Waals surface area contributed by atoms with E-state index in [1.165, 1.54) is 17.9 Å². The molecule has 0 aliphatic carbocycles. The summed E-state index contributed by atoms with van der Waals surface area (Å²) in [5.41, 5.74) is 0.0311. The van der Waals surface area contributed by atoms with Gasteiger partial charge in [0, 0.05) is 24.6 Å². The molecule has 5 heteroatoms. The molecule has 1 aromatic carbocycles. The number of carbonyl (C=O) groups is 2. The Kier molecular flexibility index (Phi) is 5.25. The molecule has 20 heavy (non-hydrogen) atoms. The van der Waals surface area contributed by atoms with Crippen LogP contribution in [-0.2, 0) is 16.1 Å². The lowest BCUT2D eigenvalue weighted by molar-refractivity contribution is -0.135. The second kappa shape index (κ2) is 6.50. The van der Waals surface area contributed by atoms with Gasteiger partial charge in [-0.1, -0.05) is 18.2 Å². The van der Waals surface area contributed by atoms with Crippen molar-refractivity contribution >= 4 is 11.8 Å². The van der Waals surface area contributed by atoms with Crippen LogP contribution in [0.2, 0.25) is 0 Å². The highest BCUT2D eigenvalue weighted by Gasteiger charge is 2.19. The van der Waals surface area contributed by atoms with Crippen LogP contribution in [0.15, 0.2) is 24.3 Å². The lowest BCUT2D eigenvalue weighted by Gasteiger charge is -2.25. The summed E-state index contributed by atoms with van der Waals surface area (Å²) in [7, 11) is 0. The fourth-order valence-electron chi connectivity index (χ4n) is 1.74. The van der Waals surface area contributed by atoms with Gasteiger partial charge in [0.25, 0.3) is 0 Å². The summed E-state index contributed by atoms with van der Waals surface area (Å²) in [6, 6.07) is 6.23. The number of nitrogens with zero attached hydrogens (tertiary/aromatic N) is 1. The molecule has 0 radical (unpaired) electrons. The van der Waals surface area contributed by atoms with Crippen LogP contribution in [0.4, 0.5) is 4.39 Å². The van der Waals surface area contributed by atoms with Crippen LogP contribution in [0, 0.1) is 5.82 Å². The van der Waals surface area contributed by atoms with Crippen molar-refractivity contribution in [3.63, 3.8) is 0 Å². The van der Waals surface area contributed by atoms with E-state index in [2.05, 4.69) is 5.32 Å². The number of benzene rings is 1. The van der Waals surface area contributed by atoms with E-state index < -0.39 is 0 Å². The third-order valence-corrected chi connectivity index (χ3v) is 2.61. The minimum atomic E-state index is -0.380. The summed E-state index contributed by atoms with van der Waals surface area (Å²) in [6.45, 7) is 6.95. The normalized spacial score (nSPS) is 11.1. The summed E-state index contributed by atoms with van der Waals surface area (Å²) in [4.78, 5) is 24.8. The molecule has 1 aromatic rings. The second-order valence-corrected chi connectivity index (χ2v) is 5.76. The van der Waals surface area contributed by atoms with Gasteiger partial charge in [-0.2, -0.15) is 0 Å². The van der Waals surface area contributed by atoms with Crippen molar-refractivity contribution in [1.82, 2.24) is 10.2 Å². The van der Waals surface area contributed by atoms with Crippen molar-refractivity contribution in [2.45, 2.75) is 39.8 Å². The predicted molar refractivity (Wildman–Crippen MR) is 75.4 cm³/mol. The summed E-state index contributed by atoms with van der Waals surface area (Å²) in [5.74, 6) is -0.906. The lowest BCUT2D eigenvalue weighted by Crippen LogP contribution is -2.46. The van der Waals surface area contributed by atoms with Gasteiger partial charge in [-0.15, -0.1) is 0 Å². The molecule has 0 aliphatic heterocycles. The van der Waals surface area contributed by atoms with Gasteiger partial charge in [0.15, 0.2) is 0 Å². The van der Waals surface area contributed by atoms with Gasteiger partial charge < -0.3 is 10.2 Å². The molecule has 0 saturated carbocycles. The zero-order valence-electron chi connectivity index (χ0n) is 12.4. The molecule has 2 amide bonds. The Bertz CT molecular complexity index is 495. The average molecular weight is 280 g/mol. The van der Waals surface area contributed by atoms with Gasteiger partial charge in [0.2, 0.25) is 11.8 Å². The molecule has 0 saturated heterocycles. The van der Waals surface area contributed by atoms with Crippen molar-refractivity contribution < 1.29 is 14.0 Å². The Morgan fingerprint density at radius 1 is 1.25 bits per heavy atom. The minimum absolute atomic E-state index is 0.0824. The Balaban J connectivity index is 2.74. The van der Waals surface area contributed by atoms with Gasteiger partial charge in [0.1, 0.15) is 5.82 Å². The maximum Gasteiger partial charge on any atom is 0.240 e. The molecule has 110 valence electrons. The summed E-state index contributed by atoms with van der Waals surface area (Å²) >= 11 is 0. The van der Waals surface area contributed by atoms with Crippen molar-refractivity contribution in [3.8, 4) is 0 Å². The van der Waals surface area contributed by atoms with E-state index in [1.54, 1.807) is 18.2 Å². The predicted octanol–water partition coefficient (Wildman–Crippen LogP) is 2.09. The highest BCUT2D eigenvalue weighted by Crippen LogP contribution is 2.10. The first-order valence-corrected chi connectivity index (χ1v) is 6.49. The standard InChI is InChI=1S/C15H21FN2O2/c1-11(19)18(10-14(20)17-15(2,3)4)9-12-7-5-6-8-13(12)16/h5-8H,9-10H2,1-4H3,(H,17,20). The highest BCUT2D eigenvalue weighted by atomic mass is 19.1. The molecule has 0 aliphatic rings. The van der Waals surface area contributed by atoms with Crippen molar-refractivity contribution in [2.24, 2.45) is 0 Å². The summed E-state index contributed by atoms with van der Waals surface area (Å²) in [5, 5.41) is 2.78. The molecular weight excluding hydrogens is 259 g/mol. The first-order valence-electron chi connectivity index (χ1n) is 6.49. The first-order chi connectivity index (χ1) is 9.19. The SMILES string of the molecule is CC(=O)N(CC(=O)NC(C)(C)C)Cc1ccccc1F. The van der Waals surface area contributed by atoms with Gasteiger partial charge in [-0.05, 0) is 26.8 Å². The molecule has 1 rings (SSSR count). The van der Waals surface area contributed by atoms with E-state index >= 15 is 0 Å². The maximum absolute atomic E-state index is 13.6. The van der Waals surface area contributed by atoms with Crippen LogP contribution >= 0.6 is 0 Å². The van der Waals surface area contributed by atoms with Crippen LogP contribution in [0.25, 0.3) is 0 Å². The van der Waals surface area contributed by atoms with Crippen molar-refractivity contribution in [3.05, 3.63) is 35.6 Å². The van der Waals surface area contributed by atoms with E-state index in [0.29, 0.717) is 5.56 Å². The number of carbonyl (C=O) groups excluding carboxylic acids is 2. The van der Waals surface area contributed by atoms with Crippen LogP contribution in [0.3, 0.4) is 0 Å². The Morgan fingerprint density at radius 3 is 2.35 bits per heavy atom. The third-order valence-electron chi connectivity index (χ3n) is 2.61. The van der Waals surface area contributed by atoms with Crippen molar-refractivity contribution in [1.29, 1.82) is 0 Å². The number of nitrogens with one attached hydrogen (secondary N) is 1. The minimum Gasteiger partial charge on any atom is -0.350 e. The van der Waals surface area contributed by atoms with Crippen LogP contribution in [0.5, 0.6) is 0 Å². The van der Waals surface area contributed by atoms with E-state index in [9.17, 15) is 14.0 Å². The van der Waals surface area contributed by atoms with Crippen LogP contribution in [0.1, 0.15) is 33.3 Å². The summed E-state index contributed by atoms with van der Waals surface area (Å²) in [6.07, 6.45) is 0. The molecule has 1 N–H and O–H groups in total. The molecule has 0 fully saturated rings. The molecule has 0 aromatic heterocycles. The lowest BCUT2D eigenvalue weighted by atomic mass is 10.1. The molecule has 0 heterocycles. The number of hydrogen-bond donors (Lipinski definition) is 1. The molecular formula is C15H21FN2O2. The number of amides is 2. The Morgan fingerprint density at radius 2 is 1.85 bits per heavy atom. The molecule has 0 atom stereocenters. The topological polar surface area (TPSA) is 49.4 Å². The zero-order valence-corrected chi connectivity index (χ0v) is 12.4. The average Bonchev–Trinajstić information content (AvgIpc) is 2.28. The Labute approximate surface area is 119 Å². The van der Waals surface area contributed by atoms with Gasteiger partial charge >= 0.3 is 0 Å². The number of hydrogen-bond acceptors (Lipinski definition) is 2. The van der Waals surface area contributed by atoms with E-state index in [-0.39, 0.29) is 36.3 Å². The fourth-order valence-corrected chi connectivity index (χ4v) is 1.74. The van der Waals surface area contributed by atoms with E-state index in [0.717, 1.165) is 0 Å². The number of rotatable bonds is 4. The fraction of sp³-hybridized carbons (Fsp3) is 0.467.